The van der Waals surface area contributed by atoms with Crippen LogP contribution in [-0.2, 0) is 6.54 Å². The Morgan fingerprint density at radius 1 is 1.40 bits per heavy atom. The van der Waals surface area contributed by atoms with Gasteiger partial charge >= 0.3 is 0 Å². The number of carbonyl (C=O) groups is 1. The molecule has 1 aromatic heterocycles. The van der Waals surface area contributed by atoms with Gasteiger partial charge in [-0.1, -0.05) is 6.07 Å². The molecule has 0 unspecified atom stereocenters. The van der Waals surface area contributed by atoms with Gasteiger partial charge in [0.15, 0.2) is 17.3 Å². The van der Waals surface area contributed by atoms with Gasteiger partial charge in [0.05, 0.1) is 13.7 Å². The summed E-state index contributed by atoms with van der Waals surface area (Å²) >= 11 is 1.65. The van der Waals surface area contributed by atoms with Gasteiger partial charge in [-0.05, 0) is 36.7 Å². The monoisotopic (exact) mass is 293 g/mol. The molecule has 3 nitrogen and oxygen atoms in total. The van der Waals surface area contributed by atoms with E-state index in [4.69, 9.17) is 4.74 Å². The summed E-state index contributed by atoms with van der Waals surface area (Å²) in [5.41, 5.74) is 0.362. The van der Waals surface area contributed by atoms with E-state index in [1.54, 1.807) is 17.4 Å². The topological polar surface area (TPSA) is 29.5 Å². The number of Topliss-reactive ketones (excluding diaryl/α,β-unsaturated/α-hetero) is 1. The van der Waals surface area contributed by atoms with Crippen LogP contribution in [0.25, 0.3) is 0 Å². The first-order valence-electron chi connectivity index (χ1n) is 6.18. The molecular formula is C15H16FNO2S. The highest BCUT2D eigenvalue weighted by Crippen LogP contribution is 2.18. The van der Waals surface area contributed by atoms with Crippen molar-refractivity contribution in [3.63, 3.8) is 0 Å². The van der Waals surface area contributed by atoms with E-state index in [-0.39, 0.29) is 18.1 Å². The predicted molar refractivity (Wildman–Crippen MR) is 77.9 cm³/mol. The lowest BCUT2D eigenvalue weighted by molar-refractivity contribution is 0.0943. The summed E-state index contributed by atoms with van der Waals surface area (Å²) < 4.78 is 18.4. The van der Waals surface area contributed by atoms with Gasteiger partial charge in [-0.2, -0.15) is 0 Å². The fourth-order valence-electron chi connectivity index (χ4n) is 1.90. The molecule has 1 heterocycles. The van der Waals surface area contributed by atoms with E-state index in [0.717, 1.165) is 0 Å². The van der Waals surface area contributed by atoms with E-state index in [2.05, 4.69) is 0 Å². The quantitative estimate of drug-likeness (QED) is 0.766. The van der Waals surface area contributed by atoms with Gasteiger partial charge in [-0.15, -0.1) is 11.3 Å². The summed E-state index contributed by atoms with van der Waals surface area (Å²) in [6, 6.07) is 8.29. The first-order chi connectivity index (χ1) is 9.60. The summed E-state index contributed by atoms with van der Waals surface area (Å²) in [4.78, 5) is 15.2. The molecule has 1 aromatic carbocycles. The Labute approximate surface area is 121 Å². The van der Waals surface area contributed by atoms with E-state index >= 15 is 0 Å². The minimum absolute atomic E-state index is 0.106. The van der Waals surface area contributed by atoms with Gasteiger partial charge in [0.25, 0.3) is 0 Å². The molecule has 0 atom stereocenters. The second-order valence-corrected chi connectivity index (χ2v) is 5.56. The second-order valence-electron chi connectivity index (χ2n) is 4.52. The van der Waals surface area contributed by atoms with E-state index in [1.807, 2.05) is 29.5 Å². The average Bonchev–Trinajstić information content (AvgIpc) is 2.91. The smallest absolute Gasteiger partial charge is 0.176 e. The number of ketones is 1. The molecule has 2 aromatic rings. The number of carbonyl (C=O) groups excluding carboxylic acids is 1. The third-order valence-electron chi connectivity index (χ3n) is 2.89. The van der Waals surface area contributed by atoms with Crippen molar-refractivity contribution in [3.05, 3.63) is 52.0 Å². The van der Waals surface area contributed by atoms with Gasteiger partial charge < -0.3 is 4.74 Å². The van der Waals surface area contributed by atoms with Crippen LogP contribution in [0.4, 0.5) is 4.39 Å². The summed E-state index contributed by atoms with van der Waals surface area (Å²) in [6.07, 6.45) is 0. The zero-order valence-corrected chi connectivity index (χ0v) is 12.2. The number of thiophene rings is 1. The summed E-state index contributed by atoms with van der Waals surface area (Å²) in [7, 11) is 3.27. The van der Waals surface area contributed by atoms with Crippen LogP contribution in [0.5, 0.6) is 5.75 Å². The largest absolute Gasteiger partial charge is 0.494 e. The molecule has 5 heteroatoms. The van der Waals surface area contributed by atoms with Crippen LogP contribution < -0.4 is 4.74 Å². The third kappa shape index (κ3) is 3.65. The van der Waals surface area contributed by atoms with Crippen LogP contribution in [0.15, 0.2) is 35.7 Å². The lowest BCUT2D eigenvalue weighted by Gasteiger charge is -2.14. The molecule has 2 rings (SSSR count). The number of benzene rings is 1. The Morgan fingerprint density at radius 3 is 2.80 bits per heavy atom. The van der Waals surface area contributed by atoms with Crippen molar-refractivity contribution < 1.29 is 13.9 Å². The summed E-state index contributed by atoms with van der Waals surface area (Å²) in [5.74, 6) is -0.474. The molecule has 0 aliphatic heterocycles. The molecular weight excluding hydrogens is 277 g/mol. The fourth-order valence-corrected chi connectivity index (χ4v) is 2.68. The second kappa shape index (κ2) is 6.63. The van der Waals surface area contributed by atoms with Crippen molar-refractivity contribution in [2.45, 2.75) is 6.54 Å². The minimum Gasteiger partial charge on any atom is -0.494 e. The first-order valence-corrected chi connectivity index (χ1v) is 7.06. The van der Waals surface area contributed by atoms with Crippen LogP contribution in [0.1, 0.15) is 15.2 Å². The van der Waals surface area contributed by atoms with Crippen LogP contribution >= 0.6 is 11.3 Å². The standard InChI is InChI=1S/C15H16FNO2S/c1-17(9-12-4-3-7-20-12)10-14(18)11-5-6-15(19-2)13(16)8-11/h3-8H,9-10H2,1-2H3. The van der Waals surface area contributed by atoms with Gasteiger partial charge in [-0.25, -0.2) is 4.39 Å². The third-order valence-corrected chi connectivity index (χ3v) is 3.75. The summed E-state index contributed by atoms with van der Waals surface area (Å²) in [6.45, 7) is 0.964. The SMILES string of the molecule is COc1ccc(C(=O)CN(C)Cc2cccs2)cc1F. The van der Waals surface area contributed by atoms with Gasteiger partial charge in [0, 0.05) is 17.0 Å². The molecule has 0 saturated heterocycles. The average molecular weight is 293 g/mol. The number of methoxy groups -OCH3 is 1. The molecule has 0 N–H and O–H groups in total. The van der Waals surface area contributed by atoms with Gasteiger partial charge in [0.1, 0.15) is 0 Å². The Morgan fingerprint density at radius 2 is 2.20 bits per heavy atom. The van der Waals surface area contributed by atoms with Gasteiger partial charge in [0.2, 0.25) is 0 Å². The lowest BCUT2D eigenvalue weighted by atomic mass is 10.1. The maximum Gasteiger partial charge on any atom is 0.176 e. The molecule has 0 aliphatic carbocycles. The molecule has 0 radical (unpaired) electrons. The summed E-state index contributed by atoms with van der Waals surface area (Å²) in [5, 5.41) is 2.00. The van der Waals surface area contributed by atoms with Crippen molar-refractivity contribution in [2.24, 2.45) is 0 Å². The maximum absolute atomic E-state index is 13.6. The number of halogens is 1. The van der Waals surface area contributed by atoms with E-state index in [1.165, 1.54) is 24.1 Å². The van der Waals surface area contributed by atoms with Crippen LogP contribution in [0.3, 0.4) is 0 Å². The van der Waals surface area contributed by atoms with E-state index in [9.17, 15) is 9.18 Å². The Kier molecular flexibility index (Phi) is 4.87. The van der Waals surface area contributed by atoms with Crippen molar-refractivity contribution in [1.82, 2.24) is 4.90 Å². The highest BCUT2D eigenvalue weighted by Gasteiger charge is 2.12. The molecule has 0 saturated carbocycles. The van der Waals surface area contributed by atoms with Gasteiger partial charge in [-0.3, -0.25) is 9.69 Å². The number of nitrogens with zero attached hydrogens (tertiary/aromatic N) is 1. The van der Waals surface area contributed by atoms with E-state index < -0.39 is 5.82 Å². The number of rotatable bonds is 6. The number of likely N-dealkylation sites (N-methyl/N-ethyl adjacent to an activating group) is 1. The molecule has 0 fully saturated rings. The van der Waals surface area contributed by atoms with E-state index in [0.29, 0.717) is 12.1 Å². The Balaban J connectivity index is 1.99. The maximum atomic E-state index is 13.6. The Hall–Kier alpha value is -1.72. The van der Waals surface area contributed by atoms with Crippen LogP contribution in [0, 0.1) is 5.82 Å². The molecule has 0 bridgehead atoms. The molecule has 0 amide bonds. The number of hydrogen-bond donors (Lipinski definition) is 0. The van der Waals surface area contributed by atoms with Crippen molar-refractivity contribution in [1.29, 1.82) is 0 Å². The normalized spacial score (nSPS) is 10.8. The zero-order valence-electron chi connectivity index (χ0n) is 11.4. The number of hydrogen-bond acceptors (Lipinski definition) is 4. The lowest BCUT2D eigenvalue weighted by Crippen LogP contribution is -2.25. The van der Waals surface area contributed by atoms with Crippen molar-refractivity contribution in [2.75, 3.05) is 20.7 Å². The molecule has 0 aliphatic rings. The first kappa shape index (κ1) is 14.7. The molecule has 106 valence electrons. The Bertz CT molecular complexity index is 584. The molecule has 0 spiro atoms. The number of ether oxygens (including phenoxy) is 1. The fraction of sp³-hybridized carbons (Fsp3) is 0.267. The van der Waals surface area contributed by atoms with Crippen molar-refractivity contribution in [3.8, 4) is 5.75 Å². The highest BCUT2D eigenvalue weighted by atomic mass is 32.1. The predicted octanol–water partition coefficient (Wildman–Crippen LogP) is 3.21. The zero-order chi connectivity index (χ0) is 14.5. The van der Waals surface area contributed by atoms with Crippen LogP contribution in [-0.4, -0.2) is 31.4 Å². The van der Waals surface area contributed by atoms with Crippen LogP contribution in [0.2, 0.25) is 0 Å². The van der Waals surface area contributed by atoms with Crippen molar-refractivity contribution >= 4 is 17.1 Å². The minimum atomic E-state index is -0.515. The highest BCUT2D eigenvalue weighted by molar-refractivity contribution is 7.09. The molecule has 20 heavy (non-hydrogen) atoms.